The van der Waals surface area contributed by atoms with Crippen molar-refractivity contribution < 1.29 is 18.0 Å². The third kappa shape index (κ3) is 5.06. The van der Waals surface area contributed by atoms with Gasteiger partial charge in [-0.3, -0.25) is 9.69 Å². The molecule has 0 bridgehead atoms. The maximum absolute atomic E-state index is 13.6. The molecule has 0 atom stereocenters. The molecule has 6 heteroatoms. The molecule has 0 radical (unpaired) electrons. The summed E-state index contributed by atoms with van der Waals surface area (Å²) in [5.74, 6) is 0.995. The number of nitrogens with zero attached hydrogens (tertiary/aromatic N) is 1. The van der Waals surface area contributed by atoms with Gasteiger partial charge < -0.3 is 14.2 Å². The van der Waals surface area contributed by atoms with E-state index in [9.17, 15) is 9.18 Å². The Balaban J connectivity index is 1.58. The molecule has 25 heavy (non-hydrogen) atoms. The maximum atomic E-state index is 13.6. The Morgan fingerprint density at radius 1 is 0.960 bits per heavy atom. The van der Waals surface area contributed by atoms with Crippen LogP contribution in [0, 0.1) is 5.82 Å². The van der Waals surface area contributed by atoms with Crippen LogP contribution >= 0.6 is 0 Å². The van der Waals surface area contributed by atoms with Crippen LogP contribution in [0.15, 0.2) is 69.9 Å². The molecule has 2 aromatic heterocycles. The minimum absolute atomic E-state index is 0.149. The van der Waals surface area contributed by atoms with Crippen molar-refractivity contribution in [1.29, 1.82) is 0 Å². The van der Waals surface area contributed by atoms with Crippen molar-refractivity contribution in [2.24, 2.45) is 0 Å². The average molecular weight is 342 g/mol. The fourth-order valence-electron chi connectivity index (χ4n) is 2.51. The third-order valence-electron chi connectivity index (χ3n) is 3.72. The van der Waals surface area contributed by atoms with E-state index in [1.54, 1.807) is 42.9 Å². The summed E-state index contributed by atoms with van der Waals surface area (Å²) in [4.78, 5) is 14.2. The second-order valence-electron chi connectivity index (χ2n) is 5.67. The summed E-state index contributed by atoms with van der Waals surface area (Å²) >= 11 is 0. The zero-order chi connectivity index (χ0) is 17.5. The van der Waals surface area contributed by atoms with Gasteiger partial charge in [-0.15, -0.1) is 0 Å². The Kier molecular flexibility index (Phi) is 5.64. The highest BCUT2D eigenvalue weighted by Gasteiger charge is 2.15. The van der Waals surface area contributed by atoms with Gasteiger partial charge in [0.2, 0.25) is 5.91 Å². The lowest BCUT2D eigenvalue weighted by Crippen LogP contribution is -2.36. The zero-order valence-electron chi connectivity index (χ0n) is 13.7. The number of carbonyl (C=O) groups is 1. The van der Waals surface area contributed by atoms with E-state index in [2.05, 4.69) is 5.32 Å². The maximum Gasteiger partial charge on any atom is 0.234 e. The van der Waals surface area contributed by atoms with Gasteiger partial charge in [-0.05, 0) is 30.3 Å². The van der Waals surface area contributed by atoms with E-state index in [4.69, 9.17) is 8.83 Å². The largest absolute Gasteiger partial charge is 0.468 e. The van der Waals surface area contributed by atoms with Gasteiger partial charge in [0.1, 0.15) is 17.3 Å². The molecule has 1 aromatic carbocycles. The molecule has 0 unspecified atom stereocenters. The lowest BCUT2D eigenvalue weighted by Gasteiger charge is -2.19. The molecule has 0 aliphatic rings. The molecular formula is C19H19FN2O3. The minimum atomic E-state index is -0.328. The number of hydrogen-bond donors (Lipinski definition) is 1. The molecular weight excluding hydrogens is 323 g/mol. The average Bonchev–Trinajstić information content (AvgIpc) is 3.28. The van der Waals surface area contributed by atoms with Crippen LogP contribution in [0.4, 0.5) is 4.39 Å². The Labute approximate surface area is 145 Å². The quantitative estimate of drug-likeness (QED) is 0.682. The molecule has 3 rings (SSSR count). The van der Waals surface area contributed by atoms with Gasteiger partial charge in [0.15, 0.2) is 0 Å². The molecule has 0 saturated carbocycles. The summed E-state index contributed by atoms with van der Waals surface area (Å²) in [7, 11) is 0. The molecule has 0 fully saturated rings. The Hall–Kier alpha value is -2.86. The summed E-state index contributed by atoms with van der Waals surface area (Å²) < 4.78 is 24.3. The van der Waals surface area contributed by atoms with E-state index in [1.807, 2.05) is 17.0 Å². The third-order valence-corrected chi connectivity index (χ3v) is 3.72. The van der Waals surface area contributed by atoms with Crippen molar-refractivity contribution in [3.63, 3.8) is 0 Å². The van der Waals surface area contributed by atoms with Crippen LogP contribution in [0.2, 0.25) is 0 Å². The summed E-state index contributed by atoms with van der Waals surface area (Å²) in [6, 6.07) is 13.7. The van der Waals surface area contributed by atoms with E-state index in [-0.39, 0.29) is 24.8 Å². The Morgan fingerprint density at radius 2 is 1.60 bits per heavy atom. The van der Waals surface area contributed by atoms with E-state index in [0.717, 1.165) is 11.5 Å². The summed E-state index contributed by atoms with van der Waals surface area (Å²) in [5.41, 5.74) is 0.458. The molecule has 3 aromatic rings. The molecule has 130 valence electrons. The van der Waals surface area contributed by atoms with Crippen LogP contribution in [-0.2, 0) is 24.4 Å². The first-order valence-electron chi connectivity index (χ1n) is 7.98. The van der Waals surface area contributed by atoms with Crippen LogP contribution in [0.25, 0.3) is 0 Å². The van der Waals surface area contributed by atoms with Crippen molar-refractivity contribution in [1.82, 2.24) is 10.2 Å². The molecule has 0 spiro atoms. The van der Waals surface area contributed by atoms with Crippen molar-refractivity contribution in [2.75, 3.05) is 6.54 Å². The summed E-state index contributed by atoms with van der Waals surface area (Å²) in [6.07, 6.45) is 3.19. The number of carbonyl (C=O) groups excluding carboxylic acids is 1. The van der Waals surface area contributed by atoms with Gasteiger partial charge in [-0.25, -0.2) is 4.39 Å². The van der Waals surface area contributed by atoms with E-state index in [1.165, 1.54) is 6.07 Å². The van der Waals surface area contributed by atoms with Crippen molar-refractivity contribution >= 4 is 5.91 Å². The first kappa shape index (κ1) is 17.0. The van der Waals surface area contributed by atoms with Crippen LogP contribution in [0.3, 0.4) is 0 Å². The predicted octanol–water partition coefficient (Wildman–Crippen LogP) is 3.33. The monoisotopic (exact) mass is 342 g/mol. The number of nitrogens with one attached hydrogen (secondary N) is 1. The van der Waals surface area contributed by atoms with Crippen LogP contribution < -0.4 is 5.32 Å². The number of furan rings is 2. The van der Waals surface area contributed by atoms with E-state index < -0.39 is 0 Å². The summed E-state index contributed by atoms with van der Waals surface area (Å²) in [5, 5.41) is 2.75. The van der Waals surface area contributed by atoms with Gasteiger partial charge in [0.05, 0.1) is 32.2 Å². The van der Waals surface area contributed by atoms with Crippen LogP contribution in [0.5, 0.6) is 0 Å². The Bertz CT molecular complexity index is 749. The van der Waals surface area contributed by atoms with Crippen molar-refractivity contribution in [3.05, 3.63) is 84.0 Å². The number of amides is 1. The Morgan fingerprint density at radius 3 is 2.16 bits per heavy atom. The van der Waals surface area contributed by atoms with Crippen LogP contribution in [0.1, 0.15) is 17.1 Å². The van der Waals surface area contributed by atoms with Crippen molar-refractivity contribution in [3.8, 4) is 0 Å². The lowest BCUT2D eigenvalue weighted by atomic mass is 10.2. The molecule has 1 amide bonds. The van der Waals surface area contributed by atoms with Gasteiger partial charge in [-0.2, -0.15) is 0 Å². The van der Waals surface area contributed by atoms with Crippen LogP contribution in [-0.4, -0.2) is 17.4 Å². The topological polar surface area (TPSA) is 58.6 Å². The molecule has 5 nitrogen and oxygen atoms in total. The highest BCUT2D eigenvalue weighted by molar-refractivity contribution is 5.78. The molecule has 2 heterocycles. The van der Waals surface area contributed by atoms with Gasteiger partial charge >= 0.3 is 0 Å². The molecule has 0 aliphatic carbocycles. The fourth-order valence-corrected chi connectivity index (χ4v) is 2.51. The first-order valence-corrected chi connectivity index (χ1v) is 7.98. The SMILES string of the molecule is O=C(CN(Cc1ccco1)Cc1ccco1)NCc1ccccc1F. The van der Waals surface area contributed by atoms with Gasteiger partial charge in [0.25, 0.3) is 0 Å². The first-order chi connectivity index (χ1) is 12.2. The molecule has 0 aliphatic heterocycles. The zero-order valence-corrected chi connectivity index (χ0v) is 13.7. The number of halogens is 1. The second-order valence-corrected chi connectivity index (χ2v) is 5.67. The number of benzene rings is 1. The van der Waals surface area contributed by atoms with Gasteiger partial charge in [0, 0.05) is 12.1 Å². The molecule has 1 N–H and O–H groups in total. The van der Waals surface area contributed by atoms with Gasteiger partial charge in [-0.1, -0.05) is 18.2 Å². The normalized spacial score (nSPS) is 11.0. The predicted molar refractivity (Wildman–Crippen MR) is 89.8 cm³/mol. The fraction of sp³-hybridized carbons (Fsp3) is 0.211. The van der Waals surface area contributed by atoms with E-state index in [0.29, 0.717) is 18.7 Å². The van der Waals surface area contributed by atoms with Crippen molar-refractivity contribution in [2.45, 2.75) is 19.6 Å². The standard InChI is InChI=1S/C19H19FN2O3/c20-18-8-2-1-5-15(18)11-21-19(23)14-22(12-16-6-3-9-24-16)13-17-7-4-10-25-17/h1-10H,11-14H2,(H,21,23). The highest BCUT2D eigenvalue weighted by atomic mass is 19.1. The molecule has 0 saturated heterocycles. The second kappa shape index (κ2) is 8.30. The van der Waals surface area contributed by atoms with E-state index >= 15 is 0 Å². The highest BCUT2D eigenvalue weighted by Crippen LogP contribution is 2.11. The number of hydrogen-bond acceptors (Lipinski definition) is 4. The number of rotatable bonds is 8. The lowest BCUT2D eigenvalue weighted by molar-refractivity contribution is -0.122. The minimum Gasteiger partial charge on any atom is -0.468 e. The smallest absolute Gasteiger partial charge is 0.234 e. The summed E-state index contributed by atoms with van der Waals surface area (Å²) in [6.45, 7) is 1.25.